The summed E-state index contributed by atoms with van der Waals surface area (Å²) in [5, 5.41) is 13.9. The molecule has 1 amide bonds. The number of nitrogens with zero attached hydrogens (tertiary/aromatic N) is 3. The van der Waals surface area contributed by atoms with Gasteiger partial charge in [0, 0.05) is 25.0 Å². The molecule has 25 heavy (non-hydrogen) atoms. The van der Waals surface area contributed by atoms with Gasteiger partial charge in [-0.2, -0.15) is 5.10 Å². The predicted molar refractivity (Wildman–Crippen MR) is 93.9 cm³/mol. The summed E-state index contributed by atoms with van der Waals surface area (Å²) < 4.78 is 6.82. The Morgan fingerprint density at radius 2 is 2.12 bits per heavy atom. The minimum Gasteiger partial charge on any atom is -0.360 e. The lowest BCUT2D eigenvalue weighted by Crippen LogP contribution is -2.37. The summed E-state index contributed by atoms with van der Waals surface area (Å²) in [6.07, 6.45) is 3.70. The monoisotopic (exact) mass is 339 g/mol. The zero-order valence-corrected chi connectivity index (χ0v) is 14.3. The van der Waals surface area contributed by atoms with Crippen molar-refractivity contribution in [3.8, 4) is 0 Å². The van der Waals surface area contributed by atoms with Gasteiger partial charge in [-0.1, -0.05) is 29.4 Å². The number of carbonyl (C=O) groups excluding carboxylic acids is 1. The fourth-order valence-electron chi connectivity index (χ4n) is 2.44. The van der Waals surface area contributed by atoms with Crippen LogP contribution >= 0.6 is 0 Å². The van der Waals surface area contributed by atoms with Crippen molar-refractivity contribution < 1.29 is 9.32 Å². The standard InChI is InChI=1S/C18H21N5O2/c1-13-9-17(22-25-13)21-18(24)14(2)19-11-15-5-3-6-16(10-15)12-23-8-4-7-20-23/h3-10,14,19H,11-12H2,1-2H3,(H,21,22,24). The number of nitrogens with one attached hydrogen (secondary N) is 2. The van der Waals surface area contributed by atoms with Gasteiger partial charge < -0.3 is 15.2 Å². The smallest absolute Gasteiger partial charge is 0.242 e. The number of benzene rings is 1. The topological polar surface area (TPSA) is 85.0 Å². The van der Waals surface area contributed by atoms with Crippen LogP contribution in [0.2, 0.25) is 0 Å². The second-order valence-corrected chi connectivity index (χ2v) is 5.94. The third kappa shape index (κ3) is 4.77. The zero-order chi connectivity index (χ0) is 17.6. The first kappa shape index (κ1) is 16.9. The SMILES string of the molecule is Cc1cc(NC(=O)C(C)NCc2cccc(Cn3cccn3)c2)no1. The van der Waals surface area contributed by atoms with Crippen LogP contribution in [0.1, 0.15) is 23.8 Å². The van der Waals surface area contributed by atoms with Gasteiger partial charge in [0.1, 0.15) is 5.76 Å². The minimum absolute atomic E-state index is 0.152. The van der Waals surface area contributed by atoms with Crippen LogP contribution in [-0.4, -0.2) is 26.9 Å². The highest BCUT2D eigenvalue weighted by molar-refractivity contribution is 5.93. The summed E-state index contributed by atoms with van der Waals surface area (Å²) >= 11 is 0. The molecule has 0 fully saturated rings. The van der Waals surface area contributed by atoms with Gasteiger partial charge in [-0.3, -0.25) is 9.48 Å². The lowest BCUT2D eigenvalue weighted by molar-refractivity contribution is -0.117. The highest BCUT2D eigenvalue weighted by atomic mass is 16.5. The maximum absolute atomic E-state index is 12.2. The van der Waals surface area contributed by atoms with Crippen LogP contribution in [0.15, 0.2) is 53.3 Å². The Labute approximate surface area is 146 Å². The van der Waals surface area contributed by atoms with Gasteiger partial charge in [0.05, 0.1) is 12.6 Å². The average Bonchev–Trinajstić information content (AvgIpc) is 3.25. The molecule has 130 valence electrons. The van der Waals surface area contributed by atoms with Gasteiger partial charge in [-0.15, -0.1) is 0 Å². The highest BCUT2D eigenvalue weighted by Gasteiger charge is 2.14. The van der Waals surface area contributed by atoms with Crippen LogP contribution in [-0.2, 0) is 17.9 Å². The zero-order valence-electron chi connectivity index (χ0n) is 14.3. The Morgan fingerprint density at radius 1 is 1.28 bits per heavy atom. The molecule has 0 bridgehead atoms. The molecule has 0 aliphatic heterocycles. The van der Waals surface area contributed by atoms with Crippen LogP contribution in [0.3, 0.4) is 0 Å². The van der Waals surface area contributed by atoms with Gasteiger partial charge in [0.15, 0.2) is 5.82 Å². The summed E-state index contributed by atoms with van der Waals surface area (Å²) in [6, 6.07) is 11.5. The number of carbonyl (C=O) groups is 1. The third-order valence-corrected chi connectivity index (χ3v) is 3.78. The molecule has 7 heteroatoms. The Balaban J connectivity index is 1.52. The molecule has 2 aromatic heterocycles. The number of hydrogen-bond donors (Lipinski definition) is 2. The summed E-state index contributed by atoms with van der Waals surface area (Å²) in [5.74, 6) is 0.934. The van der Waals surface area contributed by atoms with Crippen molar-refractivity contribution in [2.24, 2.45) is 0 Å². The van der Waals surface area contributed by atoms with Crippen molar-refractivity contribution in [1.82, 2.24) is 20.3 Å². The number of rotatable bonds is 7. The number of amides is 1. The Kier molecular flexibility index (Phi) is 5.25. The van der Waals surface area contributed by atoms with Gasteiger partial charge in [-0.05, 0) is 31.0 Å². The molecule has 3 aromatic rings. The molecule has 7 nitrogen and oxygen atoms in total. The molecule has 0 saturated heterocycles. The molecule has 1 atom stereocenters. The summed E-state index contributed by atoms with van der Waals surface area (Å²) in [5.41, 5.74) is 2.28. The number of aromatic nitrogens is 3. The summed E-state index contributed by atoms with van der Waals surface area (Å²) in [6.45, 7) is 4.91. The maximum atomic E-state index is 12.2. The molecule has 0 spiro atoms. The van der Waals surface area contributed by atoms with E-state index in [1.54, 1.807) is 19.2 Å². The maximum Gasteiger partial charge on any atom is 0.242 e. The molecule has 0 saturated carbocycles. The van der Waals surface area contributed by atoms with E-state index in [9.17, 15) is 4.79 Å². The molecule has 1 aromatic carbocycles. The molecular weight excluding hydrogens is 318 g/mol. The van der Waals surface area contributed by atoms with E-state index in [1.807, 2.05) is 36.0 Å². The quantitative estimate of drug-likeness (QED) is 0.690. The number of hydrogen-bond acceptors (Lipinski definition) is 5. The van der Waals surface area contributed by atoms with E-state index in [1.165, 1.54) is 0 Å². The molecule has 0 aliphatic rings. The van der Waals surface area contributed by atoms with Crippen molar-refractivity contribution in [3.63, 3.8) is 0 Å². The van der Waals surface area contributed by atoms with Gasteiger partial charge in [-0.25, -0.2) is 0 Å². The second-order valence-electron chi connectivity index (χ2n) is 5.94. The number of aryl methyl sites for hydroxylation is 1. The fourth-order valence-corrected chi connectivity index (χ4v) is 2.44. The van der Waals surface area contributed by atoms with Crippen molar-refractivity contribution in [2.75, 3.05) is 5.32 Å². The van der Waals surface area contributed by atoms with Gasteiger partial charge in [0.25, 0.3) is 0 Å². The van der Waals surface area contributed by atoms with E-state index in [4.69, 9.17) is 4.52 Å². The van der Waals surface area contributed by atoms with E-state index >= 15 is 0 Å². The first-order valence-corrected chi connectivity index (χ1v) is 8.13. The Hall–Kier alpha value is -2.93. The van der Waals surface area contributed by atoms with Crippen LogP contribution < -0.4 is 10.6 Å². The summed E-state index contributed by atoms with van der Waals surface area (Å²) in [7, 11) is 0. The molecule has 3 rings (SSSR count). The van der Waals surface area contributed by atoms with Gasteiger partial charge >= 0.3 is 0 Å². The number of anilines is 1. The fraction of sp³-hybridized carbons (Fsp3) is 0.278. The van der Waals surface area contributed by atoms with Crippen LogP contribution in [0, 0.1) is 6.92 Å². The van der Waals surface area contributed by atoms with Gasteiger partial charge in [0.2, 0.25) is 5.91 Å². The first-order valence-electron chi connectivity index (χ1n) is 8.13. The average molecular weight is 339 g/mol. The Bertz CT molecular complexity index is 826. The largest absolute Gasteiger partial charge is 0.360 e. The second kappa shape index (κ2) is 7.76. The molecular formula is C18H21N5O2. The Morgan fingerprint density at radius 3 is 2.84 bits per heavy atom. The highest BCUT2D eigenvalue weighted by Crippen LogP contribution is 2.09. The lowest BCUT2D eigenvalue weighted by Gasteiger charge is -2.13. The molecule has 2 N–H and O–H groups in total. The van der Waals surface area contributed by atoms with E-state index in [0.29, 0.717) is 18.1 Å². The van der Waals surface area contributed by atoms with E-state index in [2.05, 4.69) is 33.0 Å². The van der Waals surface area contributed by atoms with Crippen molar-refractivity contribution >= 4 is 11.7 Å². The third-order valence-electron chi connectivity index (χ3n) is 3.78. The van der Waals surface area contributed by atoms with E-state index < -0.39 is 0 Å². The molecule has 2 heterocycles. The van der Waals surface area contributed by atoms with Crippen LogP contribution in [0.4, 0.5) is 5.82 Å². The first-order chi connectivity index (χ1) is 12.1. The van der Waals surface area contributed by atoms with E-state index in [-0.39, 0.29) is 11.9 Å². The molecule has 1 unspecified atom stereocenters. The van der Waals surface area contributed by atoms with Crippen LogP contribution in [0.25, 0.3) is 0 Å². The van der Waals surface area contributed by atoms with Crippen molar-refractivity contribution in [1.29, 1.82) is 0 Å². The van der Waals surface area contributed by atoms with Crippen molar-refractivity contribution in [2.45, 2.75) is 33.0 Å². The molecule has 0 aliphatic carbocycles. The van der Waals surface area contributed by atoms with Crippen LogP contribution in [0.5, 0.6) is 0 Å². The lowest BCUT2D eigenvalue weighted by atomic mass is 10.1. The van der Waals surface area contributed by atoms with Crippen molar-refractivity contribution in [3.05, 3.63) is 65.7 Å². The normalized spacial score (nSPS) is 12.1. The summed E-state index contributed by atoms with van der Waals surface area (Å²) in [4.78, 5) is 12.2. The predicted octanol–water partition coefficient (Wildman–Crippen LogP) is 2.34. The van der Waals surface area contributed by atoms with E-state index in [0.717, 1.165) is 17.7 Å². The molecule has 0 radical (unpaired) electrons. The minimum atomic E-state index is -0.355.